The molecule has 4 nitrogen and oxygen atoms in total. The number of anilines is 2. The van der Waals surface area contributed by atoms with Crippen LogP contribution in [0, 0.1) is 0 Å². The van der Waals surface area contributed by atoms with Crippen LogP contribution < -0.4 is 10.6 Å². The summed E-state index contributed by atoms with van der Waals surface area (Å²) in [6.07, 6.45) is 0. The lowest BCUT2D eigenvalue weighted by Crippen LogP contribution is -2.26. The first-order valence-corrected chi connectivity index (χ1v) is 12.7. The van der Waals surface area contributed by atoms with Gasteiger partial charge in [0.05, 0.1) is 17.8 Å². The zero-order valence-electron chi connectivity index (χ0n) is 20.7. The molecular weight excluding hydrogens is 466 g/mol. The van der Waals surface area contributed by atoms with E-state index in [1.165, 1.54) is 5.39 Å². The topological polar surface area (TPSA) is 62.1 Å². The molecule has 5 aromatic carbocycles. The number of aromatic amines is 1. The Labute approximate surface area is 220 Å². The molecule has 0 unspecified atom stereocenters. The highest BCUT2D eigenvalue weighted by molar-refractivity contribution is 6.39. The van der Waals surface area contributed by atoms with E-state index in [0.29, 0.717) is 17.8 Å². The Morgan fingerprint density at radius 1 is 0.711 bits per heavy atom. The van der Waals surface area contributed by atoms with Gasteiger partial charge in [-0.1, -0.05) is 91.0 Å². The van der Waals surface area contributed by atoms with E-state index in [-0.39, 0.29) is 5.91 Å². The number of amides is 1. The van der Waals surface area contributed by atoms with E-state index >= 15 is 0 Å². The predicted molar refractivity (Wildman–Crippen MR) is 157 cm³/mol. The van der Waals surface area contributed by atoms with Crippen LogP contribution >= 0.6 is 0 Å². The van der Waals surface area contributed by atoms with Crippen LogP contribution in [-0.2, 0) is 11.3 Å². The minimum atomic E-state index is -0.0312. The van der Waals surface area contributed by atoms with Crippen molar-refractivity contribution >= 4 is 50.1 Å². The second kappa shape index (κ2) is 8.79. The normalized spacial score (nSPS) is 14.3. The fraction of sp³-hybridized carbons (Fsp3) is 0.0294. The molecule has 3 N–H and O–H groups in total. The molecule has 2 heterocycles. The van der Waals surface area contributed by atoms with Crippen LogP contribution in [0.5, 0.6) is 0 Å². The third-order valence-corrected chi connectivity index (χ3v) is 7.36. The zero-order chi connectivity index (χ0) is 25.6. The Balaban J connectivity index is 1.43. The van der Waals surface area contributed by atoms with Gasteiger partial charge in [0.25, 0.3) is 5.91 Å². The highest BCUT2D eigenvalue weighted by atomic mass is 16.2. The zero-order valence-corrected chi connectivity index (χ0v) is 20.7. The Morgan fingerprint density at radius 2 is 1.42 bits per heavy atom. The van der Waals surface area contributed by atoms with Gasteiger partial charge in [-0.2, -0.15) is 0 Å². The van der Waals surface area contributed by atoms with Crippen molar-refractivity contribution in [3.63, 3.8) is 0 Å². The van der Waals surface area contributed by atoms with Gasteiger partial charge >= 0.3 is 0 Å². The number of para-hydroxylation sites is 3. The molecule has 7 rings (SSSR count). The first kappa shape index (κ1) is 22.1. The molecule has 6 aromatic rings. The van der Waals surface area contributed by atoms with Gasteiger partial charge in [-0.25, -0.2) is 0 Å². The monoisotopic (exact) mass is 491 g/mol. The van der Waals surface area contributed by atoms with Crippen LogP contribution in [-0.4, -0.2) is 10.9 Å². The summed E-state index contributed by atoms with van der Waals surface area (Å²) in [5, 5.41) is 3.43. The van der Waals surface area contributed by atoms with Crippen LogP contribution in [0.3, 0.4) is 0 Å². The number of carbonyl (C=O) groups excluding carboxylic acids is 1. The fourth-order valence-corrected chi connectivity index (χ4v) is 5.55. The summed E-state index contributed by atoms with van der Waals surface area (Å²) >= 11 is 0. The summed E-state index contributed by atoms with van der Waals surface area (Å²) in [6.45, 7) is 0.481. The lowest BCUT2D eigenvalue weighted by Gasteiger charge is -2.18. The van der Waals surface area contributed by atoms with Crippen molar-refractivity contribution in [2.24, 2.45) is 0 Å². The number of aromatic nitrogens is 1. The Hall–Kier alpha value is -5.09. The first-order chi connectivity index (χ1) is 18.7. The molecule has 1 aliphatic rings. The standard InChI is InChI=1S/C34H25N3O/c35-28-14-6-4-12-26(28)32(30-20-25-11-3-7-15-29(25)36-30)33-27-13-5-8-16-31(27)37(34(33)38)21-22-17-18-23-9-1-2-10-24(23)19-22/h1-20,36H,21,35H2/b33-32-. The number of nitrogen functional groups attached to an aromatic ring is 1. The van der Waals surface area contributed by atoms with Gasteiger partial charge in [-0.15, -0.1) is 0 Å². The molecule has 0 atom stereocenters. The molecule has 38 heavy (non-hydrogen) atoms. The summed E-state index contributed by atoms with van der Waals surface area (Å²) in [5.74, 6) is -0.0312. The Morgan fingerprint density at radius 3 is 2.26 bits per heavy atom. The number of nitrogens with two attached hydrogens (primary N) is 1. The summed E-state index contributed by atoms with van der Waals surface area (Å²) in [4.78, 5) is 19.8. The van der Waals surface area contributed by atoms with E-state index in [4.69, 9.17) is 5.73 Å². The number of nitrogens with one attached hydrogen (secondary N) is 1. The molecule has 0 saturated carbocycles. The van der Waals surface area contributed by atoms with Crippen molar-refractivity contribution in [1.29, 1.82) is 0 Å². The number of hydrogen-bond donors (Lipinski definition) is 2. The van der Waals surface area contributed by atoms with Crippen molar-refractivity contribution in [3.8, 4) is 0 Å². The number of nitrogens with zero attached hydrogens (tertiary/aromatic N) is 1. The van der Waals surface area contributed by atoms with Crippen molar-refractivity contribution in [2.45, 2.75) is 6.54 Å². The quantitative estimate of drug-likeness (QED) is 0.199. The molecule has 0 fully saturated rings. The number of fused-ring (bicyclic) bond motifs is 3. The van der Waals surface area contributed by atoms with Crippen LogP contribution in [0.1, 0.15) is 22.4 Å². The molecule has 182 valence electrons. The van der Waals surface area contributed by atoms with Gasteiger partial charge in [0.15, 0.2) is 0 Å². The molecule has 4 heteroatoms. The largest absolute Gasteiger partial charge is 0.398 e. The summed E-state index contributed by atoms with van der Waals surface area (Å²) in [7, 11) is 0. The number of rotatable bonds is 4. The molecule has 1 aromatic heterocycles. The highest BCUT2D eigenvalue weighted by Gasteiger charge is 2.36. The van der Waals surface area contributed by atoms with Gasteiger partial charge in [-0.3, -0.25) is 4.79 Å². The summed E-state index contributed by atoms with van der Waals surface area (Å²) in [6, 6.07) is 40.7. The summed E-state index contributed by atoms with van der Waals surface area (Å²) in [5.41, 5.74) is 14.3. The van der Waals surface area contributed by atoms with Gasteiger partial charge in [0.1, 0.15) is 0 Å². The number of H-pyrrole nitrogens is 1. The van der Waals surface area contributed by atoms with Crippen LogP contribution in [0.2, 0.25) is 0 Å². The van der Waals surface area contributed by atoms with Crippen molar-refractivity contribution < 1.29 is 4.79 Å². The van der Waals surface area contributed by atoms with Crippen LogP contribution in [0.15, 0.2) is 121 Å². The third-order valence-electron chi connectivity index (χ3n) is 7.36. The number of carbonyl (C=O) groups is 1. The molecule has 0 aliphatic carbocycles. The molecular formula is C34H25N3O. The van der Waals surface area contributed by atoms with E-state index in [0.717, 1.165) is 49.9 Å². The second-order valence-corrected chi connectivity index (χ2v) is 9.70. The molecule has 1 aliphatic heterocycles. The average molecular weight is 492 g/mol. The number of hydrogen-bond acceptors (Lipinski definition) is 2. The van der Waals surface area contributed by atoms with E-state index in [9.17, 15) is 4.79 Å². The predicted octanol–water partition coefficient (Wildman–Crippen LogP) is 7.41. The fourth-order valence-electron chi connectivity index (χ4n) is 5.55. The molecule has 0 bridgehead atoms. The number of benzene rings is 5. The van der Waals surface area contributed by atoms with Gasteiger partial charge in [0, 0.05) is 39.0 Å². The molecule has 0 spiro atoms. The van der Waals surface area contributed by atoms with Gasteiger partial charge in [-0.05, 0) is 46.7 Å². The minimum absolute atomic E-state index is 0.0312. The molecule has 1 amide bonds. The first-order valence-electron chi connectivity index (χ1n) is 12.7. The Kier molecular flexibility index (Phi) is 5.12. The van der Waals surface area contributed by atoms with E-state index in [2.05, 4.69) is 47.4 Å². The van der Waals surface area contributed by atoms with Gasteiger partial charge < -0.3 is 15.6 Å². The lowest BCUT2D eigenvalue weighted by molar-refractivity contribution is -0.113. The molecule has 0 radical (unpaired) electrons. The third kappa shape index (κ3) is 3.58. The van der Waals surface area contributed by atoms with E-state index in [1.807, 2.05) is 83.8 Å². The van der Waals surface area contributed by atoms with Crippen molar-refractivity contribution in [1.82, 2.24) is 4.98 Å². The molecule has 0 saturated heterocycles. The Bertz CT molecular complexity index is 1860. The van der Waals surface area contributed by atoms with E-state index < -0.39 is 0 Å². The SMILES string of the molecule is Nc1ccccc1/C(=C1/C(=O)N(Cc2ccc3ccccc3c2)c2ccccc21)c1cc2ccccc2[nH]1. The van der Waals surface area contributed by atoms with Crippen molar-refractivity contribution in [3.05, 3.63) is 144 Å². The average Bonchev–Trinajstić information content (AvgIpc) is 3.49. The van der Waals surface area contributed by atoms with Crippen LogP contribution in [0.25, 0.3) is 32.8 Å². The smallest absolute Gasteiger partial charge is 0.260 e. The van der Waals surface area contributed by atoms with Crippen LogP contribution in [0.4, 0.5) is 11.4 Å². The maximum atomic E-state index is 14.4. The lowest BCUT2D eigenvalue weighted by atomic mass is 9.92. The maximum absolute atomic E-state index is 14.4. The second-order valence-electron chi connectivity index (χ2n) is 9.70. The maximum Gasteiger partial charge on any atom is 0.260 e. The van der Waals surface area contributed by atoms with Crippen molar-refractivity contribution in [2.75, 3.05) is 10.6 Å². The minimum Gasteiger partial charge on any atom is -0.398 e. The highest BCUT2D eigenvalue weighted by Crippen LogP contribution is 2.45. The van der Waals surface area contributed by atoms with E-state index in [1.54, 1.807) is 0 Å². The van der Waals surface area contributed by atoms with Gasteiger partial charge in [0.2, 0.25) is 0 Å². The summed E-state index contributed by atoms with van der Waals surface area (Å²) < 4.78 is 0.